The van der Waals surface area contributed by atoms with Crippen LogP contribution in [0.5, 0.6) is 0 Å². The highest BCUT2D eigenvalue weighted by atomic mass is 16.6. The Labute approximate surface area is 81.3 Å². The fourth-order valence-corrected chi connectivity index (χ4v) is 0.569. The normalized spacial score (nSPS) is 11.6. The third-order valence-corrected chi connectivity index (χ3v) is 1.20. The Morgan fingerprint density at radius 2 is 2.14 bits per heavy atom. The number of aliphatic hydroxyl groups is 1. The molecule has 0 saturated heterocycles. The number of carbonyl (C=O) groups excluding carboxylic acids is 2. The van der Waals surface area contributed by atoms with Gasteiger partial charge in [0.1, 0.15) is 0 Å². The number of nitrogens with two attached hydrogens (primary N) is 1. The van der Waals surface area contributed by atoms with E-state index < -0.39 is 18.4 Å². The van der Waals surface area contributed by atoms with Crippen LogP contribution in [0, 0.1) is 0 Å². The molecule has 14 heavy (non-hydrogen) atoms. The molecule has 0 aromatic rings. The van der Waals surface area contributed by atoms with Crippen molar-refractivity contribution >= 4 is 12.1 Å². The van der Waals surface area contributed by atoms with Crippen molar-refractivity contribution < 1.29 is 24.2 Å². The van der Waals surface area contributed by atoms with E-state index in [1.807, 2.05) is 0 Å². The minimum Gasteiger partial charge on any atom is -0.462 e. The summed E-state index contributed by atoms with van der Waals surface area (Å²) in [6, 6.07) is 0. The van der Waals surface area contributed by atoms with Crippen LogP contribution in [0.1, 0.15) is 13.3 Å². The van der Waals surface area contributed by atoms with Crippen LogP contribution in [0.2, 0.25) is 0 Å². The molecular formula is C8H13NO5. The maximum atomic E-state index is 10.8. The minimum absolute atomic E-state index is 0.0258. The van der Waals surface area contributed by atoms with Gasteiger partial charge >= 0.3 is 12.1 Å². The molecule has 0 saturated carbocycles. The highest BCUT2D eigenvalue weighted by molar-refractivity contribution is 5.86. The number of primary amides is 1. The van der Waals surface area contributed by atoms with Crippen molar-refractivity contribution in [1.29, 1.82) is 0 Å². The Kier molecular flexibility index (Phi) is 5.31. The second-order valence-corrected chi connectivity index (χ2v) is 2.60. The van der Waals surface area contributed by atoms with Gasteiger partial charge in [-0.15, -0.1) is 0 Å². The zero-order chi connectivity index (χ0) is 11.1. The number of esters is 1. The fourth-order valence-electron chi connectivity index (χ4n) is 0.569. The van der Waals surface area contributed by atoms with Gasteiger partial charge in [-0.05, 0) is 6.92 Å². The van der Waals surface area contributed by atoms with E-state index in [-0.39, 0.29) is 18.6 Å². The largest absolute Gasteiger partial charge is 0.462 e. The molecule has 0 aliphatic rings. The van der Waals surface area contributed by atoms with Gasteiger partial charge in [-0.2, -0.15) is 0 Å². The predicted octanol–water partition coefficient (Wildman–Crippen LogP) is -0.0905. The molecule has 0 radical (unpaired) electrons. The van der Waals surface area contributed by atoms with Crippen LogP contribution >= 0.6 is 0 Å². The fraction of sp³-hybridized carbons (Fsp3) is 0.500. The molecule has 0 aliphatic heterocycles. The van der Waals surface area contributed by atoms with E-state index in [4.69, 9.17) is 5.11 Å². The standard InChI is InChI=1S/C8H13NO5/c1-5(2)7(11)13-4-3-6(10)14-8(9)12/h6,10H,1,3-4H2,2H3,(H2,9,12). The predicted molar refractivity (Wildman–Crippen MR) is 47.1 cm³/mol. The molecule has 3 N–H and O–H groups in total. The number of hydrogen-bond donors (Lipinski definition) is 2. The summed E-state index contributed by atoms with van der Waals surface area (Å²) in [5, 5.41) is 8.93. The molecular weight excluding hydrogens is 190 g/mol. The molecule has 6 nitrogen and oxygen atoms in total. The molecule has 0 aliphatic carbocycles. The van der Waals surface area contributed by atoms with Crippen molar-refractivity contribution in [3.05, 3.63) is 12.2 Å². The van der Waals surface area contributed by atoms with E-state index in [0.717, 1.165) is 0 Å². The number of carbonyl (C=O) groups is 2. The molecule has 0 aromatic heterocycles. The Hall–Kier alpha value is -1.56. The number of ether oxygens (including phenoxy) is 2. The van der Waals surface area contributed by atoms with Crippen molar-refractivity contribution in [3.63, 3.8) is 0 Å². The number of aliphatic hydroxyl groups excluding tert-OH is 1. The summed E-state index contributed by atoms with van der Waals surface area (Å²) in [6.45, 7) is 4.79. The topological polar surface area (TPSA) is 98.8 Å². The molecule has 0 bridgehead atoms. The van der Waals surface area contributed by atoms with E-state index in [1.54, 1.807) is 0 Å². The Bertz CT molecular complexity index is 238. The summed E-state index contributed by atoms with van der Waals surface area (Å²) in [5.41, 5.74) is 4.89. The lowest BCUT2D eigenvalue weighted by Gasteiger charge is -2.09. The number of amides is 1. The first-order valence-corrected chi connectivity index (χ1v) is 3.90. The lowest BCUT2D eigenvalue weighted by Crippen LogP contribution is -2.24. The maximum Gasteiger partial charge on any atom is 0.406 e. The van der Waals surface area contributed by atoms with Crippen molar-refractivity contribution in [2.24, 2.45) is 5.73 Å². The van der Waals surface area contributed by atoms with Crippen LogP contribution in [0.15, 0.2) is 12.2 Å². The van der Waals surface area contributed by atoms with Gasteiger partial charge in [0.05, 0.1) is 6.61 Å². The van der Waals surface area contributed by atoms with E-state index in [9.17, 15) is 9.59 Å². The summed E-state index contributed by atoms with van der Waals surface area (Å²) < 4.78 is 8.80. The molecule has 0 heterocycles. The lowest BCUT2D eigenvalue weighted by molar-refractivity contribution is -0.141. The van der Waals surface area contributed by atoms with E-state index in [0.29, 0.717) is 0 Å². The van der Waals surface area contributed by atoms with Crippen molar-refractivity contribution in [1.82, 2.24) is 0 Å². The molecule has 0 fully saturated rings. The Balaban J connectivity index is 3.59. The maximum absolute atomic E-state index is 10.8. The highest BCUT2D eigenvalue weighted by Crippen LogP contribution is 1.97. The third kappa shape index (κ3) is 6.01. The average molecular weight is 203 g/mol. The SMILES string of the molecule is C=C(C)C(=O)OCCC(O)OC(N)=O. The van der Waals surface area contributed by atoms with Crippen LogP contribution in [0.4, 0.5) is 4.79 Å². The smallest absolute Gasteiger partial charge is 0.406 e. The zero-order valence-electron chi connectivity index (χ0n) is 7.86. The molecule has 6 heteroatoms. The first-order chi connectivity index (χ1) is 6.43. The van der Waals surface area contributed by atoms with Gasteiger partial charge < -0.3 is 20.3 Å². The summed E-state index contributed by atoms with van der Waals surface area (Å²) in [7, 11) is 0. The van der Waals surface area contributed by atoms with E-state index in [2.05, 4.69) is 21.8 Å². The van der Waals surface area contributed by atoms with Gasteiger partial charge in [-0.1, -0.05) is 6.58 Å². The highest BCUT2D eigenvalue weighted by Gasteiger charge is 2.09. The summed E-state index contributed by atoms with van der Waals surface area (Å²) in [6.07, 6.45) is -2.46. The molecule has 1 atom stereocenters. The monoisotopic (exact) mass is 203 g/mol. The van der Waals surface area contributed by atoms with Crippen molar-refractivity contribution in [3.8, 4) is 0 Å². The van der Waals surface area contributed by atoms with Gasteiger partial charge in [-0.3, -0.25) is 0 Å². The average Bonchev–Trinajstić information content (AvgIpc) is 2.02. The molecule has 1 amide bonds. The molecule has 0 rings (SSSR count). The minimum atomic E-state index is -1.36. The van der Waals surface area contributed by atoms with Gasteiger partial charge in [0.15, 0.2) is 0 Å². The van der Waals surface area contributed by atoms with Crippen molar-refractivity contribution in [2.75, 3.05) is 6.61 Å². The summed E-state index contributed by atoms with van der Waals surface area (Å²) in [5.74, 6) is -0.559. The third-order valence-electron chi connectivity index (χ3n) is 1.20. The van der Waals surface area contributed by atoms with Crippen molar-refractivity contribution in [2.45, 2.75) is 19.6 Å². The lowest BCUT2D eigenvalue weighted by atomic mass is 10.3. The van der Waals surface area contributed by atoms with Crippen LogP contribution in [-0.4, -0.2) is 30.1 Å². The second kappa shape index (κ2) is 5.98. The van der Waals surface area contributed by atoms with Crippen LogP contribution in [0.25, 0.3) is 0 Å². The van der Waals surface area contributed by atoms with Crippen LogP contribution < -0.4 is 5.73 Å². The van der Waals surface area contributed by atoms with Crippen LogP contribution in [0.3, 0.4) is 0 Å². The first-order valence-electron chi connectivity index (χ1n) is 3.90. The van der Waals surface area contributed by atoms with E-state index in [1.165, 1.54) is 6.92 Å². The van der Waals surface area contributed by atoms with Crippen LogP contribution in [-0.2, 0) is 14.3 Å². The molecule has 0 aromatic carbocycles. The molecule has 80 valence electrons. The second-order valence-electron chi connectivity index (χ2n) is 2.60. The summed E-state index contributed by atoms with van der Waals surface area (Å²) >= 11 is 0. The van der Waals surface area contributed by atoms with Gasteiger partial charge in [0.2, 0.25) is 6.29 Å². The van der Waals surface area contributed by atoms with Gasteiger partial charge in [0.25, 0.3) is 0 Å². The Morgan fingerprint density at radius 1 is 1.57 bits per heavy atom. The van der Waals surface area contributed by atoms with Gasteiger partial charge in [0, 0.05) is 12.0 Å². The zero-order valence-corrected chi connectivity index (χ0v) is 7.86. The molecule has 1 unspecified atom stereocenters. The van der Waals surface area contributed by atoms with Gasteiger partial charge in [-0.25, -0.2) is 9.59 Å². The Morgan fingerprint density at radius 3 is 2.57 bits per heavy atom. The number of hydrogen-bond acceptors (Lipinski definition) is 5. The summed E-state index contributed by atoms with van der Waals surface area (Å²) in [4.78, 5) is 20.9. The quantitative estimate of drug-likeness (QED) is 0.369. The molecule has 0 spiro atoms. The van der Waals surface area contributed by atoms with E-state index >= 15 is 0 Å². The number of rotatable bonds is 5. The first kappa shape index (κ1) is 12.4.